The molecule has 1 fully saturated rings. The Morgan fingerprint density at radius 3 is 2.67 bits per heavy atom. The van der Waals surface area contributed by atoms with Gasteiger partial charge in [-0.15, -0.1) is 0 Å². The SMILES string of the molecule is CCCN(CC)CC1(C)CCCNCC1. The van der Waals surface area contributed by atoms with Gasteiger partial charge in [-0.3, -0.25) is 0 Å². The molecule has 0 aromatic heterocycles. The van der Waals surface area contributed by atoms with E-state index in [0.717, 1.165) is 0 Å². The Hall–Kier alpha value is -0.0800. The molecule has 1 atom stereocenters. The highest BCUT2D eigenvalue weighted by Crippen LogP contribution is 2.29. The van der Waals surface area contributed by atoms with Gasteiger partial charge in [-0.1, -0.05) is 20.8 Å². The molecule has 0 aromatic rings. The van der Waals surface area contributed by atoms with Crippen LogP contribution in [0, 0.1) is 5.41 Å². The Morgan fingerprint density at radius 1 is 1.20 bits per heavy atom. The quantitative estimate of drug-likeness (QED) is 0.753. The molecule has 0 radical (unpaired) electrons. The first-order valence-corrected chi connectivity index (χ1v) is 6.63. The number of rotatable bonds is 5. The van der Waals surface area contributed by atoms with E-state index in [2.05, 4.69) is 31.0 Å². The minimum absolute atomic E-state index is 0.550. The van der Waals surface area contributed by atoms with E-state index in [9.17, 15) is 0 Å². The van der Waals surface area contributed by atoms with E-state index in [1.165, 1.54) is 58.4 Å². The molecule has 0 saturated carbocycles. The highest BCUT2D eigenvalue weighted by Gasteiger charge is 2.27. The van der Waals surface area contributed by atoms with Gasteiger partial charge in [0.2, 0.25) is 0 Å². The molecule has 1 unspecified atom stereocenters. The monoisotopic (exact) mass is 212 g/mol. The third-order valence-electron chi connectivity index (χ3n) is 3.63. The van der Waals surface area contributed by atoms with Crippen molar-refractivity contribution in [3.05, 3.63) is 0 Å². The molecule has 1 rings (SSSR count). The first kappa shape index (κ1) is 13.0. The molecular weight excluding hydrogens is 184 g/mol. The van der Waals surface area contributed by atoms with Gasteiger partial charge in [-0.2, -0.15) is 0 Å². The molecule has 1 N–H and O–H groups in total. The molecule has 2 nitrogen and oxygen atoms in total. The minimum Gasteiger partial charge on any atom is -0.317 e. The average molecular weight is 212 g/mol. The van der Waals surface area contributed by atoms with Gasteiger partial charge in [0.05, 0.1) is 0 Å². The van der Waals surface area contributed by atoms with Crippen LogP contribution in [0.25, 0.3) is 0 Å². The summed E-state index contributed by atoms with van der Waals surface area (Å²) >= 11 is 0. The molecule has 0 bridgehead atoms. The zero-order valence-electron chi connectivity index (χ0n) is 10.8. The molecule has 0 spiro atoms. The Morgan fingerprint density at radius 2 is 2.00 bits per heavy atom. The van der Waals surface area contributed by atoms with Gasteiger partial charge in [0.1, 0.15) is 0 Å². The summed E-state index contributed by atoms with van der Waals surface area (Å²) in [6, 6.07) is 0. The van der Waals surface area contributed by atoms with Gasteiger partial charge >= 0.3 is 0 Å². The average Bonchev–Trinajstić information content (AvgIpc) is 2.43. The molecule has 2 heteroatoms. The second-order valence-electron chi connectivity index (χ2n) is 5.28. The van der Waals surface area contributed by atoms with Crippen molar-refractivity contribution >= 4 is 0 Å². The van der Waals surface area contributed by atoms with Gasteiger partial charge in [0, 0.05) is 6.54 Å². The van der Waals surface area contributed by atoms with Crippen LogP contribution < -0.4 is 5.32 Å². The topological polar surface area (TPSA) is 15.3 Å². The molecule has 90 valence electrons. The fraction of sp³-hybridized carbons (Fsp3) is 1.00. The summed E-state index contributed by atoms with van der Waals surface area (Å²) in [5.41, 5.74) is 0.550. The minimum atomic E-state index is 0.550. The Kier molecular flexibility index (Phi) is 5.62. The van der Waals surface area contributed by atoms with Gasteiger partial charge in [0.15, 0.2) is 0 Å². The Bertz CT molecular complexity index is 160. The number of hydrogen-bond acceptors (Lipinski definition) is 2. The van der Waals surface area contributed by atoms with E-state index in [1.807, 2.05) is 0 Å². The first-order chi connectivity index (χ1) is 7.20. The van der Waals surface area contributed by atoms with E-state index in [1.54, 1.807) is 0 Å². The van der Waals surface area contributed by atoms with Gasteiger partial charge in [-0.05, 0) is 57.3 Å². The van der Waals surface area contributed by atoms with Crippen LogP contribution in [0.1, 0.15) is 46.5 Å². The fourth-order valence-corrected chi connectivity index (χ4v) is 2.64. The normalized spacial score (nSPS) is 28.0. The van der Waals surface area contributed by atoms with Crippen LogP contribution in [-0.2, 0) is 0 Å². The van der Waals surface area contributed by atoms with E-state index in [4.69, 9.17) is 0 Å². The smallest absolute Gasteiger partial charge is 0.00357 e. The highest BCUT2D eigenvalue weighted by molar-refractivity contribution is 4.81. The predicted molar refractivity (Wildman–Crippen MR) is 67.2 cm³/mol. The van der Waals surface area contributed by atoms with Crippen LogP contribution in [0.5, 0.6) is 0 Å². The van der Waals surface area contributed by atoms with E-state index >= 15 is 0 Å². The van der Waals surface area contributed by atoms with Crippen molar-refractivity contribution in [2.24, 2.45) is 5.41 Å². The number of hydrogen-bond donors (Lipinski definition) is 1. The lowest BCUT2D eigenvalue weighted by molar-refractivity contribution is 0.154. The third-order valence-corrected chi connectivity index (χ3v) is 3.63. The van der Waals surface area contributed by atoms with E-state index in [0.29, 0.717) is 5.41 Å². The number of nitrogens with zero attached hydrogens (tertiary/aromatic N) is 1. The molecule has 0 amide bonds. The zero-order chi connectivity index (χ0) is 11.1. The molecule has 1 heterocycles. The van der Waals surface area contributed by atoms with Crippen LogP contribution in [0.3, 0.4) is 0 Å². The van der Waals surface area contributed by atoms with Crippen molar-refractivity contribution in [2.45, 2.75) is 46.5 Å². The lowest BCUT2D eigenvalue weighted by atomic mass is 9.82. The third kappa shape index (κ3) is 4.52. The Balaban J connectivity index is 2.43. The highest BCUT2D eigenvalue weighted by atomic mass is 15.1. The van der Waals surface area contributed by atoms with E-state index in [-0.39, 0.29) is 0 Å². The second-order valence-corrected chi connectivity index (χ2v) is 5.28. The lowest BCUT2D eigenvalue weighted by Crippen LogP contribution is -2.37. The Labute approximate surface area is 95.4 Å². The van der Waals surface area contributed by atoms with Crippen molar-refractivity contribution in [2.75, 3.05) is 32.7 Å². The van der Waals surface area contributed by atoms with Crippen molar-refractivity contribution < 1.29 is 0 Å². The molecule has 0 aliphatic carbocycles. The summed E-state index contributed by atoms with van der Waals surface area (Å²) in [6.45, 7) is 13.2. The van der Waals surface area contributed by atoms with Crippen molar-refractivity contribution in [3.8, 4) is 0 Å². The zero-order valence-corrected chi connectivity index (χ0v) is 10.8. The van der Waals surface area contributed by atoms with Gasteiger partial charge < -0.3 is 10.2 Å². The standard InChI is InChI=1S/C13H28N2/c1-4-11-15(5-2)12-13(3)7-6-9-14-10-8-13/h14H,4-12H2,1-3H3. The van der Waals surface area contributed by atoms with Crippen LogP contribution in [-0.4, -0.2) is 37.6 Å². The van der Waals surface area contributed by atoms with Crippen LogP contribution >= 0.6 is 0 Å². The van der Waals surface area contributed by atoms with Gasteiger partial charge in [-0.25, -0.2) is 0 Å². The van der Waals surface area contributed by atoms with Crippen molar-refractivity contribution in [3.63, 3.8) is 0 Å². The fourth-order valence-electron chi connectivity index (χ4n) is 2.64. The maximum atomic E-state index is 3.51. The summed E-state index contributed by atoms with van der Waals surface area (Å²) in [7, 11) is 0. The molecule has 1 aliphatic rings. The molecule has 1 aliphatic heterocycles. The molecule has 0 aromatic carbocycles. The van der Waals surface area contributed by atoms with Crippen molar-refractivity contribution in [1.82, 2.24) is 10.2 Å². The van der Waals surface area contributed by atoms with E-state index < -0.39 is 0 Å². The van der Waals surface area contributed by atoms with Crippen LogP contribution in [0.2, 0.25) is 0 Å². The maximum absolute atomic E-state index is 3.51. The first-order valence-electron chi connectivity index (χ1n) is 6.63. The maximum Gasteiger partial charge on any atom is 0.00357 e. The number of nitrogens with one attached hydrogen (secondary N) is 1. The summed E-state index contributed by atoms with van der Waals surface area (Å²) < 4.78 is 0. The van der Waals surface area contributed by atoms with Crippen molar-refractivity contribution in [1.29, 1.82) is 0 Å². The summed E-state index contributed by atoms with van der Waals surface area (Å²) in [5.74, 6) is 0. The largest absolute Gasteiger partial charge is 0.317 e. The predicted octanol–water partition coefficient (Wildman–Crippen LogP) is 2.50. The molecule has 1 saturated heterocycles. The van der Waals surface area contributed by atoms with Gasteiger partial charge in [0.25, 0.3) is 0 Å². The van der Waals surface area contributed by atoms with Crippen LogP contribution in [0.4, 0.5) is 0 Å². The van der Waals surface area contributed by atoms with Crippen LogP contribution in [0.15, 0.2) is 0 Å². The lowest BCUT2D eigenvalue weighted by Gasteiger charge is -2.34. The second kappa shape index (κ2) is 6.49. The summed E-state index contributed by atoms with van der Waals surface area (Å²) in [4.78, 5) is 2.62. The molecular formula is C13H28N2. The molecule has 15 heavy (non-hydrogen) atoms. The summed E-state index contributed by atoms with van der Waals surface area (Å²) in [5, 5.41) is 3.51. The summed E-state index contributed by atoms with van der Waals surface area (Å²) in [6.07, 6.45) is 5.36.